The van der Waals surface area contributed by atoms with Crippen molar-refractivity contribution in [2.75, 3.05) is 0 Å². The fourth-order valence-corrected chi connectivity index (χ4v) is 1.82. The van der Waals surface area contributed by atoms with Crippen molar-refractivity contribution in [2.45, 2.75) is 18.5 Å². The molecule has 2 amide bonds. The van der Waals surface area contributed by atoms with Gasteiger partial charge in [-0.3, -0.25) is 14.4 Å². The molecule has 7 N–H and O–H groups in total. The summed E-state index contributed by atoms with van der Waals surface area (Å²) >= 11 is 4.83. The molecule has 2 atom stereocenters. The van der Waals surface area contributed by atoms with Crippen LogP contribution in [0.1, 0.15) is 18.0 Å². The predicted octanol–water partition coefficient (Wildman–Crippen LogP) is -0.994. The summed E-state index contributed by atoms with van der Waals surface area (Å²) in [5.74, 6) is -2.00. The summed E-state index contributed by atoms with van der Waals surface area (Å²) in [7, 11) is 0. The molecule has 0 aliphatic carbocycles. The van der Waals surface area contributed by atoms with Crippen molar-refractivity contribution in [1.82, 2.24) is 10.6 Å². The van der Waals surface area contributed by atoms with Crippen molar-refractivity contribution in [3.63, 3.8) is 0 Å². The number of carbonyl (C=O) groups is 3. The zero-order valence-electron chi connectivity index (χ0n) is 11.5. The van der Waals surface area contributed by atoms with Gasteiger partial charge in [-0.2, -0.15) is 0 Å². The van der Waals surface area contributed by atoms with Gasteiger partial charge in [0, 0.05) is 0 Å². The van der Waals surface area contributed by atoms with E-state index in [2.05, 4.69) is 16.4 Å². The summed E-state index contributed by atoms with van der Waals surface area (Å²) in [6.45, 7) is 0. The van der Waals surface area contributed by atoms with E-state index in [0.29, 0.717) is 5.11 Å². The quantitative estimate of drug-likeness (QED) is 0.446. The topological polar surface area (TPSA) is 148 Å². The minimum atomic E-state index is -1.21. The smallest absolute Gasteiger partial charge is 0.321 e. The van der Waals surface area contributed by atoms with E-state index in [-0.39, 0.29) is 18.4 Å². The maximum absolute atomic E-state index is 11.3. The van der Waals surface area contributed by atoms with E-state index in [1.165, 1.54) is 0 Å². The van der Waals surface area contributed by atoms with Crippen LogP contribution in [0, 0.1) is 0 Å². The number of carboxylic acid groups (broad SMARTS) is 1. The Bertz CT molecular complexity index is 579. The lowest BCUT2D eigenvalue weighted by molar-refractivity contribution is -0.140. The molecule has 1 fully saturated rings. The van der Waals surface area contributed by atoms with E-state index in [0.717, 1.165) is 5.56 Å². The number of rotatable bonds is 4. The Hall–Kier alpha value is -2.52. The summed E-state index contributed by atoms with van der Waals surface area (Å²) in [5.41, 5.74) is 10.5. The van der Waals surface area contributed by atoms with Gasteiger partial charge in [0.15, 0.2) is 5.11 Å². The first-order chi connectivity index (χ1) is 10.3. The second-order valence-electron chi connectivity index (χ2n) is 4.42. The number of primary amides is 1. The Morgan fingerprint density at radius 1 is 1.32 bits per heavy atom. The Balaban J connectivity index is 0.000000239. The second-order valence-corrected chi connectivity index (χ2v) is 4.83. The van der Waals surface area contributed by atoms with Gasteiger partial charge in [0.1, 0.15) is 12.1 Å². The maximum atomic E-state index is 11.3. The molecule has 1 saturated heterocycles. The van der Waals surface area contributed by atoms with Crippen LogP contribution in [0.25, 0.3) is 0 Å². The SMILES string of the molecule is NC(=O)C[C@H](N)C(=O)O.O=C1NC(=S)NC1c1ccccc1. The van der Waals surface area contributed by atoms with Crippen LogP contribution in [0.15, 0.2) is 30.3 Å². The molecule has 1 heterocycles. The molecular formula is C13H16N4O4S. The van der Waals surface area contributed by atoms with Crippen LogP contribution in [0.2, 0.25) is 0 Å². The van der Waals surface area contributed by atoms with Crippen LogP contribution in [-0.4, -0.2) is 34.0 Å². The Labute approximate surface area is 131 Å². The highest BCUT2D eigenvalue weighted by atomic mass is 32.1. The molecule has 0 aromatic heterocycles. The molecule has 22 heavy (non-hydrogen) atoms. The normalized spacial score (nSPS) is 17.6. The minimum Gasteiger partial charge on any atom is -0.480 e. The first kappa shape index (κ1) is 17.5. The van der Waals surface area contributed by atoms with E-state index < -0.39 is 17.9 Å². The lowest BCUT2D eigenvalue weighted by Gasteiger charge is -2.06. The highest BCUT2D eigenvalue weighted by Gasteiger charge is 2.27. The zero-order valence-corrected chi connectivity index (χ0v) is 12.3. The first-order valence-corrected chi connectivity index (χ1v) is 6.65. The third-order valence-electron chi connectivity index (χ3n) is 2.65. The third kappa shape index (κ3) is 5.46. The molecule has 1 unspecified atom stereocenters. The zero-order chi connectivity index (χ0) is 16.7. The predicted molar refractivity (Wildman–Crippen MR) is 82.5 cm³/mol. The molecule has 1 aromatic rings. The molecule has 8 nitrogen and oxygen atoms in total. The molecule has 0 saturated carbocycles. The van der Waals surface area contributed by atoms with Crippen LogP contribution in [0.4, 0.5) is 0 Å². The second kappa shape index (κ2) is 8.05. The van der Waals surface area contributed by atoms with E-state index in [9.17, 15) is 14.4 Å². The van der Waals surface area contributed by atoms with Crippen molar-refractivity contribution in [1.29, 1.82) is 0 Å². The number of carbonyl (C=O) groups excluding carboxylic acids is 2. The monoisotopic (exact) mass is 324 g/mol. The lowest BCUT2D eigenvalue weighted by atomic mass is 10.1. The van der Waals surface area contributed by atoms with Crippen molar-refractivity contribution >= 4 is 35.1 Å². The van der Waals surface area contributed by atoms with Gasteiger partial charge < -0.3 is 27.2 Å². The van der Waals surface area contributed by atoms with Crippen LogP contribution in [-0.2, 0) is 14.4 Å². The average Bonchev–Trinajstić information content (AvgIpc) is 2.78. The fourth-order valence-electron chi connectivity index (χ4n) is 1.60. The Kier molecular flexibility index (Phi) is 6.42. The maximum Gasteiger partial charge on any atom is 0.321 e. The van der Waals surface area contributed by atoms with Gasteiger partial charge in [-0.05, 0) is 17.8 Å². The van der Waals surface area contributed by atoms with Crippen molar-refractivity contribution in [3.8, 4) is 0 Å². The van der Waals surface area contributed by atoms with Crippen LogP contribution in [0.5, 0.6) is 0 Å². The third-order valence-corrected chi connectivity index (χ3v) is 2.87. The molecule has 1 aliphatic rings. The van der Waals surface area contributed by atoms with Gasteiger partial charge in [-0.1, -0.05) is 30.3 Å². The molecule has 0 radical (unpaired) electrons. The summed E-state index contributed by atoms with van der Waals surface area (Å²) < 4.78 is 0. The van der Waals surface area contributed by atoms with E-state index in [1.54, 1.807) is 0 Å². The molecule has 0 spiro atoms. The average molecular weight is 324 g/mol. The largest absolute Gasteiger partial charge is 0.480 e. The number of benzene rings is 1. The number of aliphatic carboxylic acids is 1. The molecule has 1 aromatic carbocycles. The standard InChI is InChI=1S/C9H8N2OS.C4H8N2O3/c12-8-7(10-9(13)11-8)6-4-2-1-3-5-6;5-2(4(8)9)1-3(6)7/h1-5,7H,(H2,10,11,12,13);2H,1,5H2,(H2,6,7)(H,8,9)/t;2-/m.0/s1. The molecular weight excluding hydrogens is 308 g/mol. The highest BCUT2D eigenvalue weighted by Crippen LogP contribution is 2.15. The lowest BCUT2D eigenvalue weighted by Crippen LogP contribution is -2.34. The summed E-state index contributed by atoms with van der Waals surface area (Å²) in [6.07, 6.45) is -0.310. The number of nitrogens with one attached hydrogen (secondary N) is 2. The van der Waals surface area contributed by atoms with Crippen LogP contribution >= 0.6 is 12.2 Å². The number of amides is 2. The van der Waals surface area contributed by atoms with Gasteiger partial charge in [0.05, 0.1) is 6.42 Å². The molecule has 2 rings (SSSR count). The van der Waals surface area contributed by atoms with E-state index >= 15 is 0 Å². The van der Waals surface area contributed by atoms with Gasteiger partial charge in [-0.15, -0.1) is 0 Å². The fraction of sp³-hybridized carbons (Fsp3) is 0.231. The van der Waals surface area contributed by atoms with Crippen LogP contribution < -0.4 is 22.1 Å². The number of thiocarbonyl (C=S) groups is 1. The number of carboxylic acids is 1. The summed E-state index contributed by atoms with van der Waals surface area (Å²) in [4.78, 5) is 31.2. The van der Waals surface area contributed by atoms with E-state index in [1.807, 2.05) is 30.3 Å². The Morgan fingerprint density at radius 3 is 2.27 bits per heavy atom. The van der Waals surface area contributed by atoms with Gasteiger partial charge in [0.2, 0.25) is 5.91 Å². The first-order valence-electron chi connectivity index (χ1n) is 6.24. The molecule has 118 valence electrons. The molecule has 0 bridgehead atoms. The van der Waals surface area contributed by atoms with Crippen molar-refractivity contribution in [3.05, 3.63) is 35.9 Å². The summed E-state index contributed by atoms with van der Waals surface area (Å²) in [5, 5.41) is 13.9. The highest BCUT2D eigenvalue weighted by molar-refractivity contribution is 7.80. The summed E-state index contributed by atoms with van der Waals surface area (Å²) in [6, 6.07) is 8.00. The van der Waals surface area contributed by atoms with E-state index in [4.69, 9.17) is 23.1 Å². The Morgan fingerprint density at radius 2 is 1.91 bits per heavy atom. The van der Waals surface area contributed by atoms with Crippen molar-refractivity contribution in [2.24, 2.45) is 11.5 Å². The number of hydrogen-bond donors (Lipinski definition) is 5. The van der Waals surface area contributed by atoms with Gasteiger partial charge in [-0.25, -0.2) is 0 Å². The number of nitrogens with two attached hydrogens (primary N) is 2. The van der Waals surface area contributed by atoms with Gasteiger partial charge >= 0.3 is 5.97 Å². The molecule has 9 heteroatoms. The van der Waals surface area contributed by atoms with Gasteiger partial charge in [0.25, 0.3) is 5.91 Å². The van der Waals surface area contributed by atoms with Crippen LogP contribution in [0.3, 0.4) is 0 Å². The number of hydrogen-bond acceptors (Lipinski definition) is 5. The molecule has 1 aliphatic heterocycles. The minimum absolute atomic E-state index is 0.0869. The van der Waals surface area contributed by atoms with Crippen molar-refractivity contribution < 1.29 is 19.5 Å².